The minimum absolute atomic E-state index is 0.788. The lowest BCUT2D eigenvalue weighted by molar-refractivity contribution is 0.310. The van der Waals surface area contributed by atoms with Crippen LogP contribution >= 0.6 is 22.6 Å². The van der Waals surface area contributed by atoms with Crippen LogP contribution in [0.5, 0.6) is 5.75 Å². The molecule has 0 aliphatic heterocycles. The number of halogens is 1. The zero-order valence-corrected chi connectivity index (χ0v) is 12.7. The van der Waals surface area contributed by atoms with E-state index in [1.54, 1.807) is 0 Å². The van der Waals surface area contributed by atoms with Gasteiger partial charge in [0.05, 0.1) is 6.61 Å². The SMILES string of the molecule is CCCCOc1cccc(I)c1-c1ccccc1. The second-order valence-electron chi connectivity index (χ2n) is 4.18. The summed E-state index contributed by atoms with van der Waals surface area (Å²) in [5.41, 5.74) is 2.42. The molecule has 0 saturated carbocycles. The molecular formula is C16H17IO. The van der Waals surface area contributed by atoms with E-state index in [0.717, 1.165) is 25.2 Å². The maximum atomic E-state index is 5.91. The Morgan fingerprint density at radius 2 is 1.78 bits per heavy atom. The van der Waals surface area contributed by atoms with Crippen LogP contribution in [0.15, 0.2) is 48.5 Å². The Bertz CT molecular complexity index is 494. The van der Waals surface area contributed by atoms with E-state index in [2.05, 4.69) is 72.0 Å². The summed E-state index contributed by atoms with van der Waals surface area (Å²) in [5, 5.41) is 0. The van der Waals surface area contributed by atoms with E-state index in [-0.39, 0.29) is 0 Å². The van der Waals surface area contributed by atoms with Crippen LogP contribution in [0.2, 0.25) is 0 Å². The normalized spacial score (nSPS) is 10.3. The van der Waals surface area contributed by atoms with Crippen molar-refractivity contribution in [3.63, 3.8) is 0 Å². The summed E-state index contributed by atoms with van der Waals surface area (Å²) < 4.78 is 7.14. The van der Waals surface area contributed by atoms with Crippen LogP contribution in [0.1, 0.15) is 19.8 Å². The number of unbranched alkanes of at least 4 members (excludes halogenated alkanes) is 1. The van der Waals surface area contributed by atoms with Crippen molar-refractivity contribution in [2.75, 3.05) is 6.61 Å². The molecule has 0 amide bonds. The predicted molar refractivity (Wildman–Crippen MR) is 85.0 cm³/mol. The Labute approximate surface area is 122 Å². The molecule has 0 aliphatic carbocycles. The van der Waals surface area contributed by atoms with Crippen LogP contribution in [-0.2, 0) is 0 Å². The van der Waals surface area contributed by atoms with Gasteiger partial charge in [0.25, 0.3) is 0 Å². The standard InChI is InChI=1S/C16H17IO/c1-2-3-12-18-15-11-7-10-14(17)16(15)13-8-5-4-6-9-13/h4-11H,2-3,12H2,1H3. The molecule has 94 valence electrons. The molecular weight excluding hydrogens is 335 g/mol. The summed E-state index contributed by atoms with van der Waals surface area (Å²) in [5.74, 6) is 0.988. The largest absolute Gasteiger partial charge is 0.493 e. The Kier molecular flexibility index (Phi) is 5.05. The van der Waals surface area contributed by atoms with Crippen LogP contribution in [0.25, 0.3) is 11.1 Å². The zero-order valence-electron chi connectivity index (χ0n) is 10.5. The third-order valence-corrected chi connectivity index (χ3v) is 3.69. The number of ether oxygens (including phenoxy) is 1. The molecule has 0 unspecified atom stereocenters. The summed E-state index contributed by atoms with van der Waals surface area (Å²) in [7, 11) is 0. The molecule has 0 aromatic heterocycles. The fraction of sp³-hybridized carbons (Fsp3) is 0.250. The first kappa shape index (κ1) is 13.4. The number of benzene rings is 2. The van der Waals surface area contributed by atoms with Crippen LogP contribution in [0.4, 0.5) is 0 Å². The third-order valence-electron chi connectivity index (χ3n) is 2.79. The van der Waals surface area contributed by atoms with Crippen molar-refractivity contribution in [2.24, 2.45) is 0 Å². The minimum atomic E-state index is 0.788. The van der Waals surface area contributed by atoms with Crippen molar-refractivity contribution >= 4 is 22.6 Å². The molecule has 0 atom stereocenters. The molecule has 0 aliphatic rings. The Hall–Kier alpha value is -1.03. The molecule has 0 N–H and O–H groups in total. The van der Waals surface area contributed by atoms with Gasteiger partial charge >= 0.3 is 0 Å². The van der Waals surface area contributed by atoms with E-state index < -0.39 is 0 Å². The molecule has 2 aromatic rings. The summed E-state index contributed by atoms with van der Waals surface area (Å²) in [6, 6.07) is 16.7. The van der Waals surface area contributed by atoms with Crippen molar-refractivity contribution in [2.45, 2.75) is 19.8 Å². The second kappa shape index (κ2) is 6.78. The fourth-order valence-electron chi connectivity index (χ4n) is 1.84. The first-order valence-corrected chi connectivity index (χ1v) is 7.37. The predicted octanol–water partition coefficient (Wildman–Crippen LogP) is 5.14. The maximum Gasteiger partial charge on any atom is 0.128 e. The first-order chi connectivity index (χ1) is 8.83. The number of hydrogen-bond donors (Lipinski definition) is 0. The number of rotatable bonds is 5. The van der Waals surface area contributed by atoms with Gasteiger partial charge in [-0.1, -0.05) is 49.7 Å². The summed E-state index contributed by atoms with van der Waals surface area (Å²) in [6.07, 6.45) is 2.25. The molecule has 0 radical (unpaired) electrons. The molecule has 2 heteroatoms. The van der Waals surface area contributed by atoms with Gasteiger partial charge in [-0.05, 0) is 46.7 Å². The molecule has 2 rings (SSSR count). The molecule has 0 fully saturated rings. The highest BCUT2D eigenvalue weighted by Crippen LogP contribution is 2.34. The van der Waals surface area contributed by atoms with E-state index in [1.807, 2.05) is 6.07 Å². The zero-order chi connectivity index (χ0) is 12.8. The van der Waals surface area contributed by atoms with Gasteiger partial charge in [-0.3, -0.25) is 0 Å². The molecule has 0 saturated heterocycles. The Morgan fingerprint density at radius 1 is 1.00 bits per heavy atom. The smallest absolute Gasteiger partial charge is 0.128 e. The maximum absolute atomic E-state index is 5.91. The van der Waals surface area contributed by atoms with Gasteiger partial charge in [-0.2, -0.15) is 0 Å². The highest BCUT2D eigenvalue weighted by Gasteiger charge is 2.09. The second-order valence-corrected chi connectivity index (χ2v) is 5.34. The summed E-state index contributed by atoms with van der Waals surface area (Å²) in [4.78, 5) is 0. The van der Waals surface area contributed by atoms with E-state index in [1.165, 1.54) is 14.7 Å². The molecule has 0 bridgehead atoms. The molecule has 1 nitrogen and oxygen atoms in total. The van der Waals surface area contributed by atoms with Gasteiger partial charge in [0.1, 0.15) is 5.75 Å². The van der Waals surface area contributed by atoms with Gasteiger partial charge < -0.3 is 4.74 Å². The van der Waals surface area contributed by atoms with Gasteiger partial charge in [-0.25, -0.2) is 0 Å². The molecule has 18 heavy (non-hydrogen) atoms. The highest BCUT2D eigenvalue weighted by atomic mass is 127. The lowest BCUT2D eigenvalue weighted by atomic mass is 10.0. The Balaban J connectivity index is 2.33. The quantitative estimate of drug-likeness (QED) is 0.535. The third kappa shape index (κ3) is 3.25. The monoisotopic (exact) mass is 352 g/mol. The molecule has 0 spiro atoms. The van der Waals surface area contributed by atoms with Crippen LogP contribution in [-0.4, -0.2) is 6.61 Å². The van der Waals surface area contributed by atoms with Crippen molar-refractivity contribution in [3.8, 4) is 16.9 Å². The average molecular weight is 352 g/mol. The van der Waals surface area contributed by atoms with Gasteiger partial charge in [-0.15, -0.1) is 0 Å². The summed E-state index contributed by atoms with van der Waals surface area (Å²) >= 11 is 2.37. The van der Waals surface area contributed by atoms with E-state index in [0.29, 0.717) is 0 Å². The lowest BCUT2D eigenvalue weighted by Gasteiger charge is -2.13. The van der Waals surface area contributed by atoms with Crippen molar-refractivity contribution in [1.29, 1.82) is 0 Å². The topological polar surface area (TPSA) is 9.23 Å². The first-order valence-electron chi connectivity index (χ1n) is 6.29. The van der Waals surface area contributed by atoms with Gasteiger partial charge in [0.15, 0.2) is 0 Å². The summed E-state index contributed by atoms with van der Waals surface area (Å²) in [6.45, 7) is 2.96. The van der Waals surface area contributed by atoms with E-state index in [9.17, 15) is 0 Å². The Morgan fingerprint density at radius 3 is 2.50 bits per heavy atom. The highest BCUT2D eigenvalue weighted by molar-refractivity contribution is 14.1. The van der Waals surface area contributed by atoms with E-state index in [4.69, 9.17) is 4.74 Å². The molecule has 2 aromatic carbocycles. The average Bonchev–Trinajstić information content (AvgIpc) is 2.40. The van der Waals surface area contributed by atoms with Gasteiger partial charge in [0.2, 0.25) is 0 Å². The number of hydrogen-bond acceptors (Lipinski definition) is 1. The molecule has 0 heterocycles. The van der Waals surface area contributed by atoms with Crippen LogP contribution in [0, 0.1) is 3.57 Å². The van der Waals surface area contributed by atoms with Crippen molar-refractivity contribution in [1.82, 2.24) is 0 Å². The van der Waals surface area contributed by atoms with Gasteiger partial charge in [0, 0.05) is 9.13 Å². The van der Waals surface area contributed by atoms with Crippen LogP contribution < -0.4 is 4.74 Å². The van der Waals surface area contributed by atoms with Crippen molar-refractivity contribution < 1.29 is 4.74 Å². The van der Waals surface area contributed by atoms with Crippen molar-refractivity contribution in [3.05, 3.63) is 52.1 Å². The minimum Gasteiger partial charge on any atom is -0.493 e. The fourth-order valence-corrected chi connectivity index (χ4v) is 2.62. The van der Waals surface area contributed by atoms with Crippen LogP contribution in [0.3, 0.4) is 0 Å². The van der Waals surface area contributed by atoms with E-state index >= 15 is 0 Å². The lowest BCUT2D eigenvalue weighted by Crippen LogP contribution is -1.99.